The van der Waals surface area contributed by atoms with E-state index in [1.54, 1.807) is 31.2 Å². The molecule has 0 aliphatic carbocycles. The highest BCUT2D eigenvalue weighted by atomic mass is 19.2. The minimum Gasteiger partial charge on any atom is -0.481 e. The fourth-order valence-electron chi connectivity index (χ4n) is 3.44. The lowest BCUT2D eigenvalue weighted by Gasteiger charge is -2.19. The van der Waals surface area contributed by atoms with Gasteiger partial charge in [0, 0.05) is 0 Å². The molecule has 35 heavy (non-hydrogen) atoms. The van der Waals surface area contributed by atoms with Crippen molar-refractivity contribution in [3.05, 3.63) is 70.5 Å². The summed E-state index contributed by atoms with van der Waals surface area (Å²) in [5, 5.41) is 11.7. The molecule has 184 valence electrons. The monoisotopic (exact) mass is 492 g/mol. The quantitative estimate of drug-likeness (QED) is 0.415. The van der Waals surface area contributed by atoms with Crippen LogP contribution in [-0.4, -0.2) is 40.0 Å². The van der Waals surface area contributed by atoms with Crippen LogP contribution in [0.3, 0.4) is 0 Å². The summed E-state index contributed by atoms with van der Waals surface area (Å²) in [6.45, 7) is 0.564. The fraction of sp³-hybridized carbons (Fsp3) is 0.261. The van der Waals surface area contributed by atoms with Gasteiger partial charge in [-0.15, -0.1) is 0 Å². The van der Waals surface area contributed by atoms with Crippen LogP contribution < -0.4 is 20.6 Å². The van der Waals surface area contributed by atoms with E-state index in [2.05, 4.69) is 10.3 Å². The Kier molecular flexibility index (Phi) is 7.84. The average Bonchev–Trinajstić information content (AvgIpc) is 2.82. The first kappa shape index (κ1) is 25.4. The molecule has 0 aliphatic heterocycles. The zero-order chi connectivity index (χ0) is 25.7. The molecule has 0 fully saturated rings. The molecular formula is C23H21F3N3O6+. The number of nitrogens with zero attached hydrogens (tertiary/aromatic N) is 1. The molecule has 1 amide bonds. The van der Waals surface area contributed by atoms with Crippen molar-refractivity contribution in [1.82, 2.24) is 9.88 Å². The molecule has 2 atom stereocenters. The Morgan fingerprint density at radius 3 is 2.49 bits per heavy atom. The van der Waals surface area contributed by atoms with Crippen LogP contribution in [-0.2, 0) is 14.4 Å². The summed E-state index contributed by atoms with van der Waals surface area (Å²) < 4.78 is 46.7. The number of amides is 1. The van der Waals surface area contributed by atoms with Gasteiger partial charge in [0.2, 0.25) is 12.1 Å². The molecule has 9 nitrogen and oxygen atoms in total. The minimum atomic E-state index is -1.66. The summed E-state index contributed by atoms with van der Waals surface area (Å²) in [7, 11) is 0. The second-order valence-electron chi connectivity index (χ2n) is 7.54. The smallest absolute Gasteiger partial charge is 0.345 e. The van der Waals surface area contributed by atoms with Gasteiger partial charge in [-0.3, -0.25) is 14.4 Å². The number of ether oxygens (including phenoxy) is 1. The van der Waals surface area contributed by atoms with Crippen molar-refractivity contribution in [3.8, 4) is 5.75 Å². The molecule has 0 saturated carbocycles. The zero-order valence-electron chi connectivity index (χ0n) is 18.4. The molecule has 2 aromatic carbocycles. The van der Waals surface area contributed by atoms with E-state index in [-0.39, 0.29) is 6.42 Å². The minimum absolute atomic E-state index is 0.113. The lowest BCUT2D eigenvalue weighted by Crippen LogP contribution is -2.48. The van der Waals surface area contributed by atoms with Crippen molar-refractivity contribution in [2.24, 2.45) is 0 Å². The number of aliphatic carboxylic acids is 1. The van der Waals surface area contributed by atoms with Crippen molar-refractivity contribution in [1.29, 1.82) is 0 Å². The van der Waals surface area contributed by atoms with Gasteiger partial charge in [0.15, 0.2) is 29.2 Å². The first-order valence-electron chi connectivity index (χ1n) is 10.5. The number of aromatic amines is 1. The number of carboxylic acid groups (broad SMARTS) is 1. The number of carbonyl (C=O) groups is 3. The zero-order valence-corrected chi connectivity index (χ0v) is 18.4. The van der Waals surface area contributed by atoms with Gasteiger partial charge < -0.3 is 15.2 Å². The van der Waals surface area contributed by atoms with Crippen molar-refractivity contribution < 1.29 is 42.4 Å². The average molecular weight is 492 g/mol. The van der Waals surface area contributed by atoms with Gasteiger partial charge >= 0.3 is 11.5 Å². The molecule has 3 N–H and O–H groups in total. The Hall–Kier alpha value is -4.22. The SMILES string of the molecule is CC[C@@H](C(=O)N[C@@H](CC(=O)O)C(=O)COc1c(F)ccc(F)c1F)n1c[nH+]c2ccccc2c1=O. The van der Waals surface area contributed by atoms with Gasteiger partial charge in [-0.1, -0.05) is 19.1 Å². The summed E-state index contributed by atoms with van der Waals surface area (Å²) in [6, 6.07) is 4.98. The number of benzene rings is 2. The van der Waals surface area contributed by atoms with Crippen LogP contribution in [0.15, 0.2) is 47.5 Å². The first-order chi connectivity index (χ1) is 16.6. The van der Waals surface area contributed by atoms with Crippen LogP contribution >= 0.6 is 0 Å². The topological polar surface area (TPSA) is 129 Å². The van der Waals surface area contributed by atoms with Gasteiger partial charge in [-0.2, -0.15) is 8.96 Å². The second kappa shape index (κ2) is 10.8. The van der Waals surface area contributed by atoms with Crippen LogP contribution in [0.5, 0.6) is 5.75 Å². The van der Waals surface area contributed by atoms with E-state index in [4.69, 9.17) is 9.84 Å². The molecule has 1 aromatic heterocycles. The Bertz CT molecular complexity index is 1340. The highest BCUT2D eigenvalue weighted by Gasteiger charge is 2.31. The first-order valence-corrected chi connectivity index (χ1v) is 10.5. The third-order valence-corrected chi connectivity index (χ3v) is 5.22. The van der Waals surface area contributed by atoms with Gasteiger partial charge in [0.1, 0.15) is 23.6 Å². The number of rotatable bonds is 10. The van der Waals surface area contributed by atoms with Crippen molar-refractivity contribution in [3.63, 3.8) is 0 Å². The molecule has 12 heteroatoms. The largest absolute Gasteiger partial charge is 0.481 e. The number of aromatic nitrogens is 2. The van der Waals surface area contributed by atoms with Crippen molar-refractivity contribution in [2.75, 3.05) is 6.61 Å². The summed E-state index contributed by atoms with van der Waals surface area (Å²) in [6.07, 6.45) is 0.546. The number of fused-ring (bicyclic) bond motifs is 1. The highest BCUT2D eigenvalue weighted by molar-refractivity contribution is 5.93. The standard InChI is InChI=1S/C23H20F3N3O6/c1-2-17(29-11-27-15-6-4-3-5-12(15)23(29)34)22(33)28-16(9-19(31)32)18(30)10-35-21-14(25)8-7-13(24)20(21)26/h3-8,11,16-17H,2,9-10H2,1H3,(H,28,33)(H,31,32)/p+1/t16-,17-/m0/s1. The number of para-hydroxylation sites is 1. The molecule has 3 rings (SSSR count). The van der Waals surface area contributed by atoms with Crippen LogP contribution in [0.25, 0.3) is 10.9 Å². The van der Waals surface area contributed by atoms with E-state index >= 15 is 0 Å². The van der Waals surface area contributed by atoms with Crippen LogP contribution in [0, 0.1) is 17.5 Å². The number of carboxylic acids is 1. The Labute approximate surface area is 196 Å². The molecule has 1 heterocycles. The molecule has 0 unspecified atom stereocenters. The van der Waals surface area contributed by atoms with E-state index in [1.165, 1.54) is 6.33 Å². The number of hydrogen-bond acceptors (Lipinski definition) is 5. The third kappa shape index (κ3) is 5.65. The summed E-state index contributed by atoms with van der Waals surface area (Å²) in [5.41, 5.74) is 0.0553. The summed E-state index contributed by atoms with van der Waals surface area (Å²) >= 11 is 0. The normalized spacial score (nSPS) is 12.7. The van der Waals surface area contributed by atoms with E-state index in [9.17, 15) is 32.3 Å². The molecular weight excluding hydrogens is 471 g/mol. The number of nitrogens with one attached hydrogen (secondary N) is 2. The Morgan fingerprint density at radius 1 is 1.11 bits per heavy atom. The van der Waals surface area contributed by atoms with Crippen molar-refractivity contribution >= 4 is 28.6 Å². The third-order valence-electron chi connectivity index (χ3n) is 5.22. The number of carbonyl (C=O) groups excluding carboxylic acids is 2. The molecule has 0 spiro atoms. The van der Waals surface area contributed by atoms with Gasteiger partial charge in [-0.25, -0.2) is 18.6 Å². The predicted octanol–water partition coefficient (Wildman–Crippen LogP) is 1.79. The van der Waals surface area contributed by atoms with E-state index in [0.29, 0.717) is 23.0 Å². The molecule has 0 saturated heterocycles. The molecule has 0 aliphatic rings. The maximum atomic E-state index is 13.8. The Balaban J connectivity index is 1.81. The predicted molar refractivity (Wildman–Crippen MR) is 115 cm³/mol. The van der Waals surface area contributed by atoms with Gasteiger partial charge in [-0.05, 0) is 30.7 Å². The maximum Gasteiger partial charge on any atom is 0.345 e. The number of ketones is 1. The highest BCUT2D eigenvalue weighted by Crippen LogP contribution is 2.23. The molecule has 0 bridgehead atoms. The van der Waals surface area contributed by atoms with E-state index in [1.807, 2.05) is 0 Å². The van der Waals surface area contributed by atoms with Crippen LogP contribution in [0.1, 0.15) is 25.8 Å². The molecule has 0 radical (unpaired) electrons. The second-order valence-corrected chi connectivity index (χ2v) is 7.54. The van der Waals surface area contributed by atoms with Gasteiger partial charge in [0.25, 0.3) is 5.91 Å². The van der Waals surface area contributed by atoms with E-state index in [0.717, 1.165) is 4.57 Å². The van der Waals surface area contributed by atoms with Crippen LogP contribution in [0.2, 0.25) is 0 Å². The van der Waals surface area contributed by atoms with Crippen LogP contribution in [0.4, 0.5) is 13.2 Å². The number of H-pyrrole nitrogens is 1. The lowest BCUT2D eigenvalue weighted by molar-refractivity contribution is -0.353. The lowest BCUT2D eigenvalue weighted by atomic mass is 10.1. The van der Waals surface area contributed by atoms with Crippen molar-refractivity contribution in [2.45, 2.75) is 31.8 Å². The number of halogens is 3. The Morgan fingerprint density at radius 2 is 1.80 bits per heavy atom. The number of hydrogen-bond donors (Lipinski definition) is 2. The molecule has 3 aromatic rings. The maximum absolute atomic E-state index is 13.8. The number of Topliss-reactive ketones (excluding diaryl/α,β-unsaturated/α-hetero) is 1. The summed E-state index contributed by atoms with van der Waals surface area (Å²) in [5.74, 6) is -8.80. The summed E-state index contributed by atoms with van der Waals surface area (Å²) in [4.78, 5) is 52.5. The van der Waals surface area contributed by atoms with Gasteiger partial charge in [0.05, 0.1) is 6.42 Å². The van der Waals surface area contributed by atoms with E-state index < -0.39 is 71.5 Å². The fourth-order valence-corrected chi connectivity index (χ4v) is 3.44.